The summed E-state index contributed by atoms with van der Waals surface area (Å²) in [5.74, 6) is -6.90. The van der Waals surface area contributed by atoms with E-state index in [0.717, 1.165) is 32.1 Å². The van der Waals surface area contributed by atoms with E-state index in [2.05, 4.69) is 54.8 Å². The number of aliphatic hydroxyl groups excluding tert-OH is 1. The molecule has 2 rings (SSSR count). The van der Waals surface area contributed by atoms with Crippen LogP contribution in [0.3, 0.4) is 0 Å². The van der Waals surface area contributed by atoms with Gasteiger partial charge in [-0.25, -0.2) is 0 Å². The highest BCUT2D eigenvalue weighted by atomic mass is 16.3. The molecule has 0 spiro atoms. The number of benzene rings is 1. The van der Waals surface area contributed by atoms with Crippen molar-refractivity contribution in [3.05, 3.63) is 35.9 Å². The molecule has 0 saturated carbocycles. The molecular formula is C50H86N12O10. The molecule has 406 valence electrons. The van der Waals surface area contributed by atoms with Crippen molar-refractivity contribution < 1.29 is 48.3 Å². The zero-order valence-electron chi connectivity index (χ0n) is 43.3. The van der Waals surface area contributed by atoms with Gasteiger partial charge in [0.15, 0.2) is 0 Å². The Labute approximate surface area is 425 Å². The molecule has 22 heteroatoms. The average molecular weight is 1020 g/mol. The van der Waals surface area contributed by atoms with E-state index in [1.165, 1.54) is 6.92 Å². The first kappa shape index (κ1) is 62.4. The first-order chi connectivity index (χ1) is 34.2. The van der Waals surface area contributed by atoms with Gasteiger partial charge in [0.2, 0.25) is 53.2 Å². The van der Waals surface area contributed by atoms with E-state index >= 15 is 0 Å². The largest absolute Gasteiger partial charge is 0.393 e. The van der Waals surface area contributed by atoms with Gasteiger partial charge in [-0.1, -0.05) is 97.1 Å². The lowest BCUT2D eigenvalue weighted by Crippen LogP contribution is -2.60. The summed E-state index contributed by atoms with van der Waals surface area (Å²) in [4.78, 5) is 125. The molecule has 16 N–H and O–H groups in total. The predicted octanol–water partition coefficient (Wildman–Crippen LogP) is -1.10. The van der Waals surface area contributed by atoms with Crippen LogP contribution in [0, 0.1) is 11.8 Å². The van der Waals surface area contributed by atoms with Gasteiger partial charge in [0.25, 0.3) is 0 Å². The van der Waals surface area contributed by atoms with E-state index in [4.69, 9.17) is 17.2 Å². The lowest BCUT2D eigenvalue weighted by Gasteiger charge is -2.28. The van der Waals surface area contributed by atoms with Crippen LogP contribution in [0.5, 0.6) is 0 Å². The van der Waals surface area contributed by atoms with Gasteiger partial charge in [-0.05, 0) is 88.9 Å². The highest BCUT2D eigenvalue weighted by Crippen LogP contribution is 2.13. The van der Waals surface area contributed by atoms with Crippen molar-refractivity contribution in [1.82, 2.24) is 47.9 Å². The summed E-state index contributed by atoms with van der Waals surface area (Å²) in [6.45, 7) is 10.4. The van der Waals surface area contributed by atoms with E-state index in [1.54, 1.807) is 30.3 Å². The number of nitrogens with two attached hydrogens (primary N) is 3. The number of carbonyl (C=O) groups excluding carboxylic acids is 9. The smallest absolute Gasteiger partial charge is 0.243 e. The third kappa shape index (κ3) is 23.7. The molecule has 1 aromatic carbocycles. The number of hydrogen-bond donors (Lipinski definition) is 13. The maximum atomic E-state index is 14.3. The fraction of sp³-hybridized carbons (Fsp3) is 0.700. The molecule has 9 atom stereocenters. The number of hydrogen-bond acceptors (Lipinski definition) is 13. The Balaban J connectivity index is 2.64. The Bertz CT molecular complexity index is 1890. The van der Waals surface area contributed by atoms with Gasteiger partial charge in [0.1, 0.15) is 48.3 Å². The zero-order valence-corrected chi connectivity index (χ0v) is 43.3. The summed E-state index contributed by atoms with van der Waals surface area (Å²) in [5.41, 5.74) is 18.3. The summed E-state index contributed by atoms with van der Waals surface area (Å²) >= 11 is 0. The van der Waals surface area contributed by atoms with Gasteiger partial charge < -0.3 is 70.2 Å². The van der Waals surface area contributed by atoms with Crippen molar-refractivity contribution in [3.63, 3.8) is 0 Å². The molecule has 1 aliphatic heterocycles. The number of rotatable bonds is 23. The second kappa shape index (κ2) is 33.8. The van der Waals surface area contributed by atoms with Crippen molar-refractivity contribution >= 4 is 53.2 Å². The minimum absolute atomic E-state index is 0.0260. The number of carbonyl (C=O) groups is 9. The molecule has 0 aliphatic carbocycles. The van der Waals surface area contributed by atoms with Crippen molar-refractivity contribution in [3.8, 4) is 0 Å². The summed E-state index contributed by atoms with van der Waals surface area (Å²) in [6.07, 6.45) is 3.77. The Hall–Kier alpha value is -5.71. The second-order valence-corrected chi connectivity index (χ2v) is 19.5. The molecular weight excluding hydrogens is 929 g/mol. The minimum Gasteiger partial charge on any atom is -0.393 e. The third-order valence-electron chi connectivity index (χ3n) is 12.1. The highest BCUT2D eigenvalue weighted by Gasteiger charge is 2.35. The number of nitrogens with one attached hydrogen (secondary N) is 9. The Kier molecular flexibility index (Phi) is 29.3. The molecule has 1 heterocycles. The highest BCUT2D eigenvalue weighted by molar-refractivity contribution is 5.98. The molecule has 0 aromatic heterocycles. The van der Waals surface area contributed by atoms with Crippen LogP contribution in [0.1, 0.15) is 131 Å². The van der Waals surface area contributed by atoms with E-state index in [9.17, 15) is 48.3 Å². The number of aliphatic hydroxyl groups is 1. The van der Waals surface area contributed by atoms with Crippen molar-refractivity contribution in [1.29, 1.82) is 0 Å². The van der Waals surface area contributed by atoms with Crippen LogP contribution in [0.25, 0.3) is 0 Å². The van der Waals surface area contributed by atoms with Gasteiger partial charge in [-0.3, -0.25) is 43.2 Å². The quantitative estimate of drug-likeness (QED) is 0.0580. The molecule has 1 aliphatic rings. The minimum atomic E-state index is -1.46. The molecule has 0 radical (unpaired) electrons. The van der Waals surface area contributed by atoms with Crippen molar-refractivity contribution in [2.45, 2.75) is 186 Å². The van der Waals surface area contributed by atoms with E-state index in [0.29, 0.717) is 12.0 Å². The molecule has 1 saturated heterocycles. The van der Waals surface area contributed by atoms with Gasteiger partial charge >= 0.3 is 0 Å². The van der Waals surface area contributed by atoms with Crippen LogP contribution < -0.4 is 65.1 Å². The average Bonchev–Trinajstić information content (AvgIpc) is 3.31. The van der Waals surface area contributed by atoms with Gasteiger partial charge in [-0.15, -0.1) is 0 Å². The summed E-state index contributed by atoms with van der Waals surface area (Å²) in [6, 6.07) is -1.34. The van der Waals surface area contributed by atoms with Crippen LogP contribution in [0.4, 0.5) is 0 Å². The van der Waals surface area contributed by atoms with E-state index in [1.807, 2.05) is 27.7 Å². The molecule has 1 aromatic rings. The Morgan fingerprint density at radius 1 is 0.639 bits per heavy atom. The molecule has 22 nitrogen and oxygen atoms in total. The summed E-state index contributed by atoms with van der Waals surface area (Å²) < 4.78 is 0. The number of amides is 9. The summed E-state index contributed by atoms with van der Waals surface area (Å²) in [7, 11) is 0. The molecule has 9 amide bonds. The van der Waals surface area contributed by atoms with Crippen LogP contribution in [0.15, 0.2) is 30.3 Å². The zero-order chi connectivity index (χ0) is 53.8. The SMILES string of the molecule is CCCCCCC[C@@H](O)CC(=O)N[C@H](CCN)C(=O)N[C@H]1CCNC(=O)[C@H](CC(C)C)NC(=O)[C@H](CCN)NC(=O)[C@H](C)NC(=O)[C@H](CC(C)C)NC(=O)[C@@H](Cc2ccccc2)NC(=O)[C@H](CCN)NC1=O. The fourth-order valence-corrected chi connectivity index (χ4v) is 8.09. The lowest BCUT2D eigenvalue weighted by molar-refractivity contribution is -0.136. The monoisotopic (exact) mass is 1010 g/mol. The second-order valence-electron chi connectivity index (χ2n) is 19.5. The number of unbranched alkanes of at least 4 members (excludes halogenated alkanes) is 4. The lowest BCUT2D eigenvalue weighted by atomic mass is 10.0. The standard InChI is InChI=1S/C50H86N12O10/c1-7-8-9-10-14-17-34(63)29-42(64)56-35(18-22-51)45(67)59-38-21-25-54-44(66)39(26-30(2)3)60-46(68)36(19-23-52)57-43(65)32(6)55-49(71)40(27-31(4)5)61-50(72)41(28-33-15-12-11-13-16-33)62-47(69)37(20-24-53)58-48(38)70/h11-13,15-16,30-32,34-41,63H,7-10,14,17-29,51-53H2,1-6H3,(H,54,66)(H,55,71)(H,56,64)(H,57,65)(H,58,70)(H,59,67)(H,60,68)(H,61,72)(H,62,69)/t32-,34+,35+,36-,37-,38-,39-,40-,41+/m0/s1. The van der Waals surface area contributed by atoms with Gasteiger partial charge in [0.05, 0.1) is 12.5 Å². The molecule has 1 fully saturated rings. The maximum absolute atomic E-state index is 14.3. The fourth-order valence-electron chi connectivity index (χ4n) is 8.09. The van der Waals surface area contributed by atoms with Crippen LogP contribution in [-0.4, -0.2) is 139 Å². The van der Waals surface area contributed by atoms with Crippen molar-refractivity contribution in [2.75, 3.05) is 26.2 Å². The maximum Gasteiger partial charge on any atom is 0.243 e. The topological polar surface area (TPSA) is 360 Å². The molecule has 0 unspecified atom stereocenters. The van der Waals surface area contributed by atoms with Crippen molar-refractivity contribution in [2.24, 2.45) is 29.0 Å². The molecule has 0 bridgehead atoms. The first-order valence-corrected chi connectivity index (χ1v) is 25.7. The van der Waals surface area contributed by atoms with Crippen LogP contribution in [-0.2, 0) is 49.6 Å². The van der Waals surface area contributed by atoms with E-state index < -0.39 is 108 Å². The van der Waals surface area contributed by atoms with Gasteiger partial charge in [-0.2, -0.15) is 0 Å². The van der Waals surface area contributed by atoms with Crippen LogP contribution in [0.2, 0.25) is 0 Å². The first-order valence-electron chi connectivity index (χ1n) is 25.7. The van der Waals surface area contributed by atoms with Crippen LogP contribution >= 0.6 is 0 Å². The normalized spacial score (nSPS) is 23.3. The van der Waals surface area contributed by atoms with E-state index in [-0.39, 0.29) is 89.4 Å². The van der Waals surface area contributed by atoms with Gasteiger partial charge in [0, 0.05) is 13.0 Å². The molecule has 72 heavy (non-hydrogen) atoms. The summed E-state index contributed by atoms with van der Waals surface area (Å²) in [5, 5.41) is 34.6. The predicted molar refractivity (Wildman–Crippen MR) is 273 cm³/mol. The Morgan fingerprint density at radius 3 is 1.71 bits per heavy atom. The third-order valence-corrected chi connectivity index (χ3v) is 12.1. The Morgan fingerprint density at radius 2 is 1.15 bits per heavy atom.